The lowest BCUT2D eigenvalue weighted by Gasteiger charge is -2.34. The fourth-order valence-corrected chi connectivity index (χ4v) is 3.85. The highest BCUT2D eigenvalue weighted by atomic mass is 16.8. The van der Waals surface area contributed by atoms with Gasteiger partial charge >= 0.3 is 24.6 Å². The van der Waals surface area contributed by atoms with E-state index in [0.717, 1.165) is 0 Å². The molecule has 4 fully saturated rings. The quantitative estimate of drug-likeness (QED) is 0.139. The first-order chi connectivity index (χ1) is 18.4. The van der Waals surface area contributed by atoms with Crippen LogP contribution in [0.3, 0.4) is 0 Å². The van der Waals surface area contributed by atoms with Gasteiger partial charge < -0.3 is 56.8 Å². The number of carbonyl (C=O) groups is 4. The SMILES string of the molecule is O=C1OCC(COCCC(COCC2COC(=O)O2)(COCC2COC(=O)O2)COCC2COC(=O)O2)O1. The summed E-state index contributed by atoms with van der Waals surface area (Å²) in [6, 6.07) is 0. The van der Waals surface area contributed by atoms with Crippen LogP contribution in [-0.2, 0) is 56.8 Å². The Balaban J connectivity index is 1.33. The third kappa shape index (κ3) is 8.75. The maximum atomic E-state index is 11.2. The zero-order chi connectivity index (χ0) is 26.8. The molecular weight excluding hydrogens is 520 g/mol. The van der Waals surface area contributed by atoms with Crippen molar-refractivity contribution in [3.8, 4) is 0 Å². The van der Waals surface area contributed by atoms with Crippen molar-refractivity contribution in [1.29, 1.82) is 0 Å². The Morgan fingerprint density at radius 3 is 1.13 bits per heavy atom. The molecule has 4 heterocycles. The van der Waals surface area contributed by atoms with Crippen LogP contribution in [0.1, 0.15) is 6.42 Å². The van der Waals surface area contributed by atoms with Crippen LogP contribution in [-0.4, -0.2) is 128 Å². The first-order valence-corrected chi connectivity index (χ1v) is 12.0. The van der Waals surface area contributed by atoms with Crippen molar-refractivity contribution in [3.63, 3.8) is 0 Å². The highest BCUT2D eigenvalue weighted by Gasteiger charge is 2.36. The zero-order valence-electron chi connectivity index (χ0n) is 20.5. The van der Waals surface area contributed by atoms with Crippen LogP contribution in [0.25, 0.3) is 0 Å². The number of hydrogen-bond acceptors (Lipinski definition) is 16. The Morgan fingerprint density at radius 1 is 0.526 bits per heavy atom. The summed E-state index contributed by atoms with van der Waals surface area (Å²) in [6.07, 6.45) is -4.83. The molecule has 0 aromatic rings. The number of hydrogen-bond donors (Lipinski definition) is 0. The van der Waals surface area contributed by atoms with Gasteiger partial charge in [-0.15, -0.1) is 0 Å². The second-order valence-electron chi connectivity index (χ2n) is 9.07. The van der Waals surface area contributed by atoms with E-state index in [9.17, 15) is 19.2 Å². The topological polar surface area (TPSA) is 179 Å². The normalized spacial score (nSPS) is 27.9. The lowest BCUT2D eigenvalue weighted by molar-refractivity contribution is -0.105. The molecule has 4 rings (SSSR count). The summed E-state index contributed by atoms with van der Waals surface area (Å²) in [4.78, 5) is 44.7. The van der Waals surface area contributed by atoms with Gasteiger partial charge in [0.25, 0.3) is 0 Å². The highest BCUT2D eigenvalue weighted by molar-refractivity contribution is 5.62. The van der Waals surface area contributed by atoms with Gasteiger partial charge in [-0.25, -0.2) is 19.2 Å². The van der Waals surface area contributed by atoms with Crippen molar-refractivity contribution in [3.05, 3.63) is 0 Å². The molecule has 38 heavy (non-hydrogen) atoms. The summed E-state index contributed by atoms with van der Waals surface area (Å²) < 4.78 is 62.4. The number of ether oxygens (including phenoxy) is 12. The predicted octanol–water partition coefficient (Wildman–Crippen LogP) is 0.571. The molecule has 4 atom stereocenters. The third-order valence-electron chi connectivity index (χ3n) is 5.82. The maximum absolute atomic E-state index is 11.2. The molecule has 0 N–H and O–H groups in total. The van der Waals surface area contributed by atoms with E-state index in [1.54, 1.807) is 0 Å². The lowest BCUT2D eigenvalue weighted by Crippen LogP contribution is -2.41. The van der Waals surface area contributed by atoms with Gasteiger partial charge in [0.15, 0.2) is 24.4 Å². The van der Waals surface area contributed by atoms with Gasteiger partial charge in [0.2, 0.25) is 0 Å². The molecule has 4 saturated heterocycles. The first-order valence-electron chi connectivity index (χ1n) is 12.0. The average Bonchev–Trinajstić information content (AvgIpc) is 3.68. The summed E-state index contributed by atoms with van der Waals surface area (Å²) in [5.41, 5.74) is -0.792. The van der Waals surface area contributed by atoms with E-state index in [-0.39, 0.29) is 79.3 Å². The summed E-state index contributed by atoms with van der Waals surface area (Å²) in [7, 11) is 0. The Kier molecular flexibility index (Phi) is 10.0. The molecule has 4 aliphatic heterocycles. The van der Waals surface area contributed by atoms with Crippen LogP contribution in [0.2, 0.25) is 0 Å². The van der Waals surface area contributed by atoms with E-state index in [1.807, 2.05) is 0 Å². The summed E-state index contributed by atoms with van der Waals surface area (Å²) in [5.74, 6) is 0. The molecule has 0 aromatic heterocycles. The van der Waals surface area contributed by atoms with Gasteiger partial charge in [0, 0.05) is 12.0 Å². The second kappa shape index (κ2) is 13.6. The zero-order valence-corrected chi connectivity index (χ0v) is 20.5. The van der Waals surface area contributed by atoms with Gasteiger partial charge in [-0.2, -0.15) is 0 Å². The van der Waals surface area contributed by atoms with Crippen LogP contribution in [0.4, 0.5) is 19.2 Å². The van der Waals surface area contributed by atoms with Crippen LogP contribution < -0.4 is 0 Å². The molecule has 0 spiro atoms. The van der Waals surface area contributed by atoms with Crippen LogP contribution >= 0.6 is 0 Å². The fourth-order valence-electron chi connectivity index (χ4n) is 3.85. The van der Waals surface area contributed by atoms with Gasteiger partial charge in [-0.3, -0.25) is 0 Å². The van der Waals surface area contributed by atoms with E-state index in [1.165, 1.54) is 0 Å². The molecule has 16 heteroatoms. The van der Waals surface area contributed by atoms with E-state index in [4.69, 9.17) is 56.8 Å². The summed E-state index contributed by atoms with van der Waals surface area (Å²) in [5, 5.41) is 0. The Labute approximate surface area is 216 Å². The van der Waals surface area contributed by atoms with Crippen LogP contribution in [0, 0.1) is 5.41 Å². The maximum Gasteiger partial charge on any atom is 0.508 e. The van der Waals surface area contributed by atoms with Crippen molar-refractivity contribution < 1.29 is 76.0 Å². The molecule has 0 amide bonds. The molecule has 0 bridgehead atoms. The monoisotopic (exact) mass is 550 g/mol. The average molecular weight is 550 g/mol. The smallest absolute Gasteiger partial charge is 0.430 e. The molecule has 0 radical (unpaired) electrons. The largest absolute Gasteiger partial charge is 0.508 e. The molecule has 0 aromatic carbocycles. The molecule has 4 aliphatic rings. The molecule has 0 saturated carbocycles. The van der Waals surface area contributed by atoms with Crippen molar-refractivity contribution in [2.75, 3.05) is 79.3 Å². The number of carbonyl (C=O) groups excluding carboxylic acids is 4. The van der Waals surface area contributed by atoms with Gasteiger partial charge in [0.05, 0.1) is 46.2 Å². The molecule has 16 nitrogen and oxygen atoms in total. The predicted molar refractivity (Wildman–Crippen MR) is 115 cm³/mol. The van der Waals surface area contributed by atoms with Crippen LogP contribution in [0.15, 0.2) is 0 Å². The molecular formula is C22H30O16. The number of rotatable bonds is 17. The van der Waals surface area contributed by atoms with E-state index in [0.29, 0.717) is 6.42 Å². The minimum atomic E-state index is -0.792. The minimum absolute atomic E-state index is 0.0736. The van der Waals surface area contributed by atoms with E-state index in [2.05, 4.69) is 0 Å². The molecule has 214 valence electrons. The molecule has 4 unspecified atom stereocenters. The van der Waals surface area contributed by atoms with Gasteiger partial charge in [-0.1, -0.05) is 0 Å². The second-order valence-corrected chi connectivity index (χ2v) is 9.07. The highest BCUT2D eigenvalue weighted by Crippen LogP contribution is 2.26. The van der Waals surface area contributed by atoms with Crippen molar-refractivity contribution in [2.24, 2.45) is 5.41 Å². The summed E-state index contributed by atoms with van der Waals surface area (Å²) in [6.45, 7) is 1.21. The Hall–Kier alpha value is -3.08. The number of cyclic esters (lactones) is 8. The Bertz CT molecular complexity index is 753. The lowest BCUT2D eigenvalue weighted by atomic mass is 9.87. The molecule has 0 aliphatic carbocycles. The Morgan fingerprint density at radius 2 is 0.842 bits per heavy atom. The summed E-state index contributed by atoms with van der Waals surface area (Å²) >= 11 is 0. The minimum Gasteiger partial charge on any atom is -0.430 e. The third-order valence-corrected chi connectivity index (χ3v) is 5.82. The van der Waals surface area contributed by atoms with Gasteiger partial charge in [0.1, 0.15) is 26.4 Å². The standard InChI is InChI=1S/C22H30O16/c23-18-31-7-14(35-18)3-27-2-1-22(11-28-4-15-8-32-19(24)36-15,12-29-5-16-9-33-20(25)37-16)13-30-6-17-10-34-21(26)38-17/h14-17H,1-13H2. The van der Waals surface area contributed by atoms with Gasteiger partial charge in [-0.05, 0) is 6.42 Å². The van der Waals surface area contributed by atoms with E-state index >= 15 is 0 Å². The fraction of sp³-hybridized carbons (Fsp3) is 0.818. The van der Waals surface area contributed by atoms with Crippen molar-refractivity contribution in [1.82, 2.24) is 0 Å². The van der Waals surface area contributed by atoms with E-state index < -0.39 is 54.5 Å². The van der Waals surface area contributed by atoms with Crippen LogP contribution in [0.5, 0.6) is 0 Å². The van der Waals surface area contributed by atoms with Crippen molar-refractivity contribution in [2.45, 2.75) is 30.8 Å². The first kappa shape index (κ1) is 27.9. The van der Waals surface area contributed by atoms with Crippen molar-refractivity contribution >= 4 is 24.6 Å².